The van der Waals surface area contributed by atoms with Crippen molar-refractivity contribution in [3.63, 3.8) is 0 Å². The van der Waals surface area contributed by atoms with E-state index in [2.05, 4.69) is 4.28 Å². The topological polar surface area (TPSA) is 66.8 Å². The van der Waals surface area contributed by atoms with Crippen molar-refractivity contribution in [2.45, 2.75) is 12.4 Å². The Balaban J connectivity index is -0.000000405. The molecule has 0 fully saturated rings. The first-order valence-electron chi connectivity index (χ1n) is 2.65. The van der Waals surface area contributed by atoms with Crippen LogP contribution in [-0.4, -0.2) is 38.1 Å². The third kappa shape index (κ3) is 6.03. The van der Waals surface area contributed by atoms with E-state index in [1.165, 1.54) is 14.1 Å². The molecule has 5 nitrogen and oxygen atoms in total. The third-order valence-electron chi connectivity index (χ3n) is 0.671. The van der Waals surface area contributed by atoms with Gasteiger partial charge in [0.2, 0.25) is 0 Å². The number of hydrogen-bond acceptors (Lipinski definition) is 5. The molecule has 0 heterocycles. The summed E-state index contributed by atoms with van der Waals surface area (Å²) < 4.78 is 25.5. The second-order valence-electron chi connectivity index (χ2n) is 1.98. The van der Waals surface area contributed by atoms with Crippen LogP contribution < -0.4 is 29.6 Å². The van der Waals surface area contributed by atoms with Crippen LogP contribution in [0.4, 0.5) is 0 Å². The summed E-state index contributed by atoms with van der Waals surface area (Å²) >= 11 is 0. The van der Waals surface area contributed by atoms with Crippen molar-refractivity contribution in [2.75, 3.05) is 14.1 Å². The van der Waals surface area contributed by atoms with Gasteiger partial charge in [-0.15, -0.1) is 0 Å². The first-order valence-corrected chi connectivity index (χ1v) is 4.12. The molecule has 0 spiro atoms. The molecule has 0 aliphatic heterocycles. The van der Waals surface area contributed by atoms with Crippen molar-refractivity contribution in [1.29, 1.82) is 0 Å². The molecule has 0 amide bonds. The Kier molecular flexibility index (Phi) is 7.14. The number of nitrogens with zero attached hydrogens (tertiary/aromatic N) is 1. The molecule has 0 saturated heterocycles. The number of hydrogen-bond donors (Lipinski definition) is 1. The molecule has 1 unspecified atom stereocenters. The van der Waals surface area contributed by atoms with Gasteiger partial charge in [-0.25, -0.2) is 0 Å². The monoisotopic (exact) mass is 193 g/mol. The van der Waals surface area contributed by atoms with Crippen molar-refractivity contribution in [1.82, 2.24) is 5.06 Å². The SMILES string of the molecule is CC(O)S(=O)(=O)ON(C)C.[H-].[Na+]. The van der Waals surface area contributed by atoms with Gasteiger partial charge >= 0.3 is 39.7 Å². The van der Waals surface area contributed by atoms with Gasteiger partial charge in [-0.05, 0) is 6.92 Å². The molecule has 1 atom stereocenters. The molecule has 0 aromatic rings. The van der Waals surface area contributed by atoms with Crippen LogP contribution in [0.1, 0.15) is 8.35 Å². The zero-order valence-electron chi connectivity index (χ0n) is 8.10. The summed E-state index contributed by atoms with van der Waals surface area (Å²) in [7, 11) is -0.983. The van der Waals surface area contributed by atoms with E-state index in [0.29, 0.717) is 0 Å². The minimum atomic E-state index is -3.82. The van der Waals surface area contributed by atoms with Gasteiger partial charge in [0.05, 0.1) is 0 Å². The maximum absolute atomic E-state index is 10.6. The average molecular weight is 193 g/mol. The standard InChI is InChI=1S/C4H11NO4S.Na.H/c1-4(6)10(7,8)9-5(2)3;;/h4,6H,1-3H3;;/q;+1;-1. The van der Waals surface area contributed by atoms with Crippen molar-refractivity contribution in [2.24, 2.45) is 0 Å². The van der Waals surface area contributed by atoms with Crippen molar-refractivity contribution < 1.29 is 48.8 Å². The van der Waals surface area contributed by atoms with Gasteiger partial charge in [0.1, 0.15) is 0 Å². The quantitative estimate of drug-likeness (QED) is 0.368. The van der Waals surface area contributed by atoms with Crippen LogP contribution in [0.3, 0.4) is 0 Å². The normalized spacial score (nSPS) is 14.3. The molecule has 11 heavy (non-hydrogen) atoms. The number of rotatable bonds is 3. The predicted molar refractivity (Wildman–Crippen MR) is 36.5 cm³/mol. The zero-order chi connectivity index (χ0) is 8.36. The van der Waals surface area contributed by atoms with Gasteiger partial charge < -0.3 is 6.53 Å². The largest absolute Gasteiger partial charge is 1.00 e. The molecule has 0 aliphatic rings. The number of hydroxylamine groups is 2. The van der Waals surface area contributed by atoms with Crippen molar-refractivity contribution >= 4 is 10.1 Å². The minimum absolute atomic E-state index is 0. The van der Waals surface area contributed by atoms with Gasteiger partial charge in [0, 0.05) is 14.1 Å². The number of aliphatic hydroxyl groups excluding tert-OH is 1. The molecular formula is C4H12NNaO4S. The van der Waals surface area contributed by atoms with Crippen LogP contribution in [0.2, 0.25) is 0 Å². The smallest absolute Gasteiger partial charge is 1.00 e. The summed E-state index contributed by atoms with van der Waals surface area (Å²) in [6, 6.07) is 0. The second-order valence-corrected chi connectivity index (χ2v) is 3.80. The fourth-order valence-corrected chi connectivity index (χ4v) is 0.810. The molecule has 0 aromatic heterocycles. The van der Waals surface area contributed by atoms with E-state index in [1.54, 1.807) is 0 Å². The molecule has 64 valence electrons. The molecule has 7 heteroatoms. The van der Waals surface area contributed by atoms with Crippen molar-refractivity contribution in [3.05, 3.63) is 0 Å². The molecule has 0 rings (SSSR count). The molecule has 0 aliphatic carbocycles. The van der Waals surface area contributed by atoms with Crippen LogP contribution in [0, 0.1) is 0 Å². The Morgan fingerprint density at radius 2 is 1.91 bits per heavy atom. The van der Waals surface area contributed by atoms with Gasteiger partial charge in [-0.2, -0.15) is 17.8 Å². The molecule has 0 aromatic carbocycles. The second kappa shape index (κ2) is 5.47. The maximum atomic E-state index is 10.6. The van der Waals surface area contributed by atoms with E-state index in [-0.39, 0.29) is 31.0 Å². The summed E-state index contributed by atoms with van der Waals surface area (Å²) in [6.07, 6.45) is 0. The fourth-order valence-electron chi connectivity index (χ4n) is 0.270. The summed E-state index contributed by atoms with van der Waals surface area (Å²) in [5.74, 6) is 0. The average Bonchev–Trinajstić information content (AvgIpc) is 1.60. The van der Waals surface area contributed by atoms with E-state index in [4.69, 9.17) is 5.11 Å². The minimum Gasteiger partial charge on any atom is -1.00 e. The number of aliphatic hydroxyl groups is 1. The van der Waals surface area contributed by atoms with Gasteiger partial charge in [-0.3, -0.25) is 0 Å². The Hall–Kier alpha value is 0.830. The van der Waals surface area contributed by atoms with E-state index in [0.717, 1.165) is 12.0 Å². The van der Waals surface area contributed by atoms with Crippen LogP contribution in [0.5, 0.6) is 0 Å². The summed E-state index contributed by atoms with van der Waals surface area (Å²) in [4.78, 5) is 0. The predicted octanol–water partition coefficient (Wildman–Crippen LogP) is -3.74. The van der Waals surface area contributed by atoms with E-state index < -0.39 is 15.6 Å². The Morgan fingerprint density at radius 3 is 2.00 bits per heavy atom. The van der Waals surface area contributed by atoms with E-state index >= 15 is 0 Å². The molecule has 0 radical (unpaired) electrons. The van der Waals surface area contributed by atoms with Crippen molar-refractivity contribution in [3.8, 4) is 0 Å². The summed E-state index contributed by atoms with van der Waals surface area (Å²) in [5, 5.41) is 9.59. The molecule has 0 bridgehead atoms. The molecule has 0 saturated carbocycles. The van der Waals surface area contributed by atoms with E-state index in [9.17, 15) is 8.42 Å². The Labute approximate surface area is 90.2 Å². The Bertz CT molecular complexity index is 193. The summed E-state index contributed by atoms with van der Waals surface area (Å²) in [6.45, 7) is 1.12. The summed E-state index contributed by atoms with van der Waals surface area (Å²) in [5.41, 5.74) is -1.49. The van der Waals surface area contributed by atoms with Crippen LogP contribution in [-0.2, 0) is 14.4 Å². The van der Waals surface area contributed by atoms with Crippen LogP contribution in [0.25, 0.3) is 0 Å². The van der Waals surface area contributed by atoms with Crippen LogP contribution in [0.15, 0.2) is 0 Å². The zero-order valence-corrected chi connectivity index (χ0v) is 9.92. The third-order valence-corrected chi connectivity index (χ3v) is 2.01. The van der Waals surface area contributed by atoms with Gasteiger partial charge in [0.15, 0.2) is 5.44 Å². The Morgan fingerprint density at radius 1 is 1.55 bits per heavy atom. The van der Waals surface area contributed by atoms with E-state index in [1.807, 2.05) is 0 Å². The first-order chi connectivity index (χ1) is 4.36. The van der Waals surface area contributed by atoms with Crippen LogP contribution >= 0.6 is 0 Å². The molecule has 1 N–H and O–H groups in total. The first kappa shape index (κ1) is 14.4. The maximum Gasteiger partial charge on any atom is 1.00 e. The van der Waals surface area contributed by atoms with Gasteiger partial charge in [0.25, 0.3) is 0 Å². The molecular weight excluding hydrogens is 181 g/mol. The van der Waals surface area contributed by atoms with Gasteiger partial charge in [-0.1, -0.05) is 0 Å². The fraction of sp³-hybridized carbons (Fsp3) is 1.00.